The highest BCUT2D eigenvalue weighted by Gasteiger charge is 2.26. The van der Waals surface area contributed by atoms with Crippen molar-refractivity contribution in [3.63, 3.8) is 0 Å². The summed E-state index contributed by atoms with van der Waals surface area (Å²) >= 11 is 0. The smallest absolute Gasteiger partial charge is 0.245 e. The third kappa shape index (κ3) is 4.44. The molecule has 4 N–H and O–H groups in total. The Balaban J connectivity index is 2.77. The number of nitrogens with two attached hydrogens (primary N) is 1. The number of methoxy groups -OCH3 is 1. The number of nitrogen functional groups attached to an aromatic ring is 1. The molecular weight excluding hydrogens is 284 g/mol. The lowest BCUT2D eigenvalue weighted by Crippen LogP contribution is -2.41. The first-order chi connectivity index (χ1) is 9.22. The number of hydrogen-bond acceptors (Lipinski definition) is 6. The van der Waals surface area contributed by atoms with Gasteiger partial charge in [0, 0.05) is 39.4 Å². The maximum atomic E-state index is 12.1. The normalized spacial score (nSPS) is 15.2. The summed E-state index contributed by atoms with van der Waals surface area (Å²) in [7, 11) is -2.28. The van der Waals surface area contributed by atoms with Crippen LogP contribution in [0, 0.1) is 0 Å². The average Bonchev–Trinajstić information content (AvgIpc) is 2.77. The second kappa shape index (κ2) is 6.53. The highest BCUT2D eigenvalue weighted by Crippen LogP contribution is 2.17. The molecular formula is C11H22N4O4S. The van der Waals surface area contributed by atoms with E-state index >= 15 is 0 Å². The zero-order chi connectivity index (χ0) is 15.4. The summed E-state index contributed by atoms with van der Waals surface area (Å²) in [5.74, 6) is -0.0594. The SMILES string of the molecule is CCn1cc(S(=O)(=O)NCC(C)(O)CCOC)c(N)n1. The Bertz CT molecular complexity index is 539. The topological polar surface area (TPSA) is 119 Å². The van der Waals surface area contributed by atoms with Gasteiger partial charge in [0.05, 0.1) is 5.60 Å². The lowest BCUT2D eigenvalue weighted by Gasteiger charge is -2.22. The minimum atomic E-state index is -3.80. The van der Waals surface area contributed by atoms with E-state index in [2.05, 4.69) is 9.82 Å². The molecule has 0 bridgehead atoms. The van der Waals surface area contributed by atoms with Gasteiger partial charge in [-0.15, -0.1) is 0 Å². The molecule has 1 atom stereocenters. The first-order valence-corrected chi connectivity index (χ1v) is 7.74. The van der Waals surface area contributed by atoms with Gasteiger partial charge in [-0.1, -0.05) is 0 Å². The molecule has 8 nitrogen and oxygen atoms in total. The molecule has 0 saturated carbocycles. The van der Waals surface area contributed by atoms with E-state index in [-0.39, 0.29) is 17.3 Å². The van der Waals surface area contributed by atoms with Crippen molar-refractivity contribution in [1.29, 1.82) is 0 Å². The van der Waals surface area contributed by atoms with E-state index in [1.165, 1.54) is 24.9 Å². The van der Waals surface area contributed by atoms with Crippen molar-refractivity contribution >= 4 is 15.8 Å². The van der Waals surface area contributed by atoms with Gasteiger partial charge in [-0.05, 0) is 13.8 Å². The third-order valence-corrected chi connectivity index (χ3v) is 4.27. The van der Waals surface area contributed by atoms with Crippen LogP contribution in [0.1, 0.15) is 20.3 Å². The lowest BCUT2D eigenvalue weighted by molar-refractivity contribution is 0.0292. The van der Waals surface area contributed by atoms with Crippen LogP contribution in [-0.4, -0.2) is 49.2 Å². The van der Waals surface area contributed by atoms with Crippen molar-refractivity contribution in [2.24, 2.45) is 0 Å². The summed E-state index contributed by atoms with van der Waals surface area (Å²) < 4.78 is 32.9. The second-order valence-corrected chi connectivity index (χ2v) is 6.53. The molecule has 0 radical (unpaired) electrons. The molecule has 0 aromatic carbocycles. The Labute approximate surface area is 119 Å². The number of hydrogen-bond donors (Lipinski definition) is 3. The van der Waals surface area contributed by atoms with Gasteiger partial charge in [-0.3, -0.25) is 4.68 Å². The Morgan fingerprint density at radius 2 is 2.25 bits per heavy atom. The maximum absolute atomic E-state index is 12.1. The van der Waals surface area contributed by atoms with Crippen molar-refractivity contribution in [3.8, 4) is 0 Å². The summed E-state index contributed by atoms with van der Waals surface area (Å²) in [6.07, 6.45) is 1.68. The van der Waals surface area contributed by atoms with E-state index in [1.54, 1.807) is 0 Å². The minimum Gasteiger partial charge on any atom is -0.389 e. The number of nitrogens with one attached hydrogen (secondary N) is 1. The Morgan fingerprint density at radius 1 is 1.60 bits per heavy atom. The molecule has 0 saturated heterocycles. The molecule has 1 aromatic heterocycles. The fourth-order valence-corrected chi connectivity index (χ4v) is 2.76. The Morgan fingerprint density at radius 3 is 2.75 bits per heavy atom. The zero-order valence-corrected chi connectivity index (χ0v) is 12.8. The van der Waals surface area contributed by atoms with E-state index in [1.807, 2.05) is 6.92 Å². The molecule has 1 unspecified atom stereocenters. The molecule has 20 heavy (non-hydrogen) atoms. The van der Waals surface area contributed by atoms with Crippen LogP contribution >= 0.6 is 0 Å². The van der Waals surface area contributed by atoms with Gasteiger partial charge >= 0.3 is 0 Å². The molecule has 0 aliphatic heterocycles. The molecule has 116 valence electrons. The van der Waals surface area contributed by atoms with Crippen LogP contribution in [-0.2, 0) is 21.3 Å². The molecule has 0 aliphatic carbocycles. The standard InChI is InChI=1S/C11H22N4O4S/c1-4-15-7-9(10(12)14-15)20(17,18)13-8-11(2,16)5-6-19-3/h7,13,16H,4-6,8H2,1-3H3,(H2,12,14). The van der Waals surface area contributed by atoms with Gasteiger partial charge < -0.3 is 15.6 Å². The van der Waals surface area contributed by atoms with E-state index < -0.39 is 15.6 Å². The number of aliphatic hydroxyl groups is 1. The average molecular weight is 306 g/mol. The van der Waals surface area contributed by atoms with Gasteiger partial charge in [0.2, 0.25) is 10.0 Å². The number of aromatic nitrogens is 2. The fraction of sp³-hybridized carbons (Fsp3) is 0.727. The zero-order valence-electron chi connectivity index (χ0n) is 12.0. The van der Waals surface area contributed by atoms with E-state index in [0.29, 0.717) is 19.6 Å². The number of ether oxygens (including phenoxy) is 1. The van der Waals surface area contributed by atoms with Crippen molar-refractivity contribution in [2.75, 3.05) is 26.0 Å². The first kappa shape index (κ1) is 16.9. The molecule has 0 fully saturated rings. The number of nitrogens with zero attached hydrogens (tertiary/aromatic N) is 2. The van der Waals surface area contributed by atoms with Crippen molar-refractivity contribution < 1.29 is 18.3 Å². The van der Waals surface area contributed by atoms with Gasteiger partial charge in [0.15, 0.2) is 5.82 Å². The molecule has 1 aromatic rings. The van der Waals surface area contributed by atoms with E-state index in [4.69, 9.17) is 10.5 Å². The minimum absolute atomic E-state index is 0.0594. The van der Waals surface area contributed by atoms with Gasteiger partial charge in [0.25, 0.3) is 0 Å². The number of rotatable bonds is 8. The monoisotopic (exact) mass is 306 g/mol. The van der Waals surface area contributed by atoms with Gasteiger partial charge in [0.1, 0.15) is 4.90 Å². The van der Waals surface area contributed by atoms with E-state index in [0.717, 1.165) is 0 Å². The lowest BCUT2D eigenvalue weighted by atomic mass is 10.0. The summed E-state index contributed by atoms with van der Waals surface area (Å²) in [5.41, 5.74) is 4.39. The third-order valence-electron chi connectivity index (χ3n) is 2.86. The summed E-state index contributed by atoms with van der Waals surface area (Å²) in [6, 6.07) is 0. The summed E-state index contributed by atoms with van der Waals surface area (Å²) in [4.78, 5) is -0.0816. The fourth-order valence-electron chi connectivity index (χ4n) is 1.53. The molecule has 0 aliphatic rings. The van der Waals surface area contributed by atoms with Crippen LogP contribution in [0.4, 0.5) is 5.82 Å². The van der Waals surface area contributed by atoms with Crippen molar-refractivity contribution in [2.45, 2.75) is 37.3 Å². The molecule has 0 spiro atoms. The number of aryl methyl sites for hydroxylation is 1. The van der Waals surface area contributed by atoms with Crippen LogP contribution in [0.3, 0.4) is 0 Å². The van der Waals surface area contributed by atoms with Gasteiger partial charge in [-0.25, -0.2) is 13.1 Å². The Kier molecular flexibility index (Phi) is 5.51. The molecule has 1 heterocycles. The van der Waals surface area contributed by atoms with Crippen molar-refractivity contribution in [3.05, 3.63) is 6.20 Å². The number of sulfonamides is 1. The quantitative estimate of drug-likeness (QED) is 0.598. The summed E-state index contributed by atoms with van der Waals surface area (Å²) in [6.45, 7) is 4.09. The van der Waals surface area contributed by atoms with Crippen LogP contribution in [0.5, 0.6) is 0 Å². The predicted octanol–water partition coefficient (Wildman–Crippen LogP) is -0.449. The van der Waals surface area contributed by atoms with Crippen LogP contribution in [0.25, 0.3) is 0 Å². The predicted molar refractivity (Wildman–Crippen MR) is 74.6 cm³/mol. The van der Waals surface area contributed by atoms with Crippen LogP contribution < -0.4 is 10.5 Å². The number of anilines is 1. The van der Waals surface area contributed by atoms with Gasteiger partial charge in [-0.2, -0.15) is 5.10 Å². The maximum Gasteiger partial charge on any atom is 0.245 e. The first-order valence-electron chi connectivity index (χ1n) is 6.26. The second-order valence-electron chi connectivity index (χ2n) is 4.80. The largest absolute Gasteiger partial charge is 0.389 e. The summed E-state index contributed by atoms with van der Waals surface area (Å²) in [5, 5.41) is 13.9. The van der Waals surface area contributed by atoms with Crippen molar-refractivity contribution in [1.82, 2.24) is 14.5 Å². The highest BCUT2D eigenvalue weighted by atomic mass is 32.2. The van der Waals surface area contributed by atoms with E-state index in [9.17, 15) is 13.5 Å². The molecule has 9 heteroatoms. The van der Waals surface area contributed by atoms with Crippen LogP contribution in [0.15, 0.2) is 11.1 Å². The Hall–Kier alpha value is -1.16. The van der Waals surface area contributed by atoms with Crippen LogP contribution in [0.2, 0.25) is 0 Å². The molecule has 1 rings (SSSR count). The highest BCUT2D eigenvalue weighted by molar-refractivity contribution is 7.89. The molecule has 0 amide bonds.